The Bertz CT molecular complexity index is 570. The number of anilines is 1. The topological polar surface area (TPSA) is 77.3 Å². The maximum absolute atomic E-state index is 10.5. The fraction of sp³-hybridized carbons (Fsp3) is 0.154. The summed E-state index contributed by atoms with van der Waals surface area (Å²) in [5.41, 5.74) is 0.0294. The average molecular weight is 259 g/mol. The van der Waals surface area contributed by atoms with Crippen LogP contribution >= 0.6 is 0 Å². The molecule has 0 unspecified atom stereocenters. The van der Waals surface area contributed by atoms with E-state index in [4.69, 9.17) is 4.74 Å². The number of pyridine rings is 1. The SMILES string of the molecule is CCNc1cccc(Oc2ccc([N+](=O)[O-])cc2)n1. The number of hydrogen-bond donors (Lipinski definition) is 1. The third-order valence-corrected chi connectivity index (χ3v) is 2.35. The molecule has 2 aromatic rings. The molecule has 0 saturated carbocycles. The molecule has 0 saturated heterocycles. The van der Waals surface area contributed by atoms with Crippen molar-refractivity contribution in [3.05, 3.63) is 52.6 Å². The Kier molecular flexibility index (Phi) is 3.92. The van der Waals surface area contributed by atoms with Gasteiger partial charge in [0.05, 0.1) is 4.92 Å². The first-order chi connectivity index (χ1) is 9.19. The van der Waals surface area contributed by atoms with Crippen molar-refractivity contribution in [2.45, 2.75) is 6.92 Å². The van der Waals surface area contributed by atoms with E-state index in [0.29, 0.717) is 11.6 Å². The maximum Gasteiger partial charge on any atom is 0.269 e. The smallest absolute Gasteiger partial charge is 0.269 e. The van der Waals surface area contributed by atoms with Gasteiger partial charge in [-0.1, -0.05) is 6.07 Å². The van der Waals surface area contributed by atoms with Crippen LogP contribution in [0.15, 0.2) is 42.5 Å². The fourth-order valence-electron chi connectivity index (χ4n) is 1.51. The molecule has 0 amide bonds. The predicted molar refractivity (Wildman–Crippen MR) is 71.6 cm³/mol. The molecule has 6 nitrogen and oxygen atoms in total. The summed E-state index contributed by atoms with van der Waals surface area (Å²) in [6, 6.07) is 11.3. The van der Waals surface area contributed by atoms with Crippen LogP contribution in [-0.2, 0) is 0 Å². The summed E-state index contributed by atoms with van der Waals surface area (Å²) in [7, 11) is 0. The summed E-state index contributed by atoms with van der Waals surface area (Å²) in [4.78, 5) is 14.3. The molecular formula is C13H13N3O3. The van der Waals surface area contributed by atoms with Crippen molar-refractivity contribution < 1.29 is 9.66 Å². The van der Waals surface area contributed by atoms with E-state index in [2.05, 4.69) is 10.3 Å². The summed E-state index contributed by atoms with van der Waals surface area (Å²) in [5.74, 6) is 1.67. The zero-order valence-electron chi connectivity index (χ0n) is 10.4. The van der Waals surface area contributed by atoms with Crippen molar-refractivity contribution in [2.75, 3.05) is 11.9 Å². The van der Waals surface area contributed by atoms with Crippen LogP contribution in [0, 0.1) is 10.1 Å². The molecule has 1 heterocycles. The third kappa shape index (κ3) is 3.41. The van der Waals surface area contributed by atoms with Gasteiger partial charge in [-0.15, -0.1) is 0 Å². The van der Waals surface area contributed by atoms with Gasteiger partial charge in [-0.25, -0.2) is 0 Å². The minimum absolute atomic E-state index is 0.0294. The number of nitrogens with one attached hydrogen (secondary N) is 1. The first-order valence-electron chi connectivity index (χ1n) is 5.82. The summed E-state index contributed by atoms with van der Waals surface area (Å²) < 4.78 is 5.53. The van der Waals surface area contributed by atoms with Crippen LogP contribution in [0.4, 0.5) is 11.5 Å². The molecule has 0 fully saturated rings. The number of nitro benzene ring substituents is 1. The Balaban J connectivity index is 2.12. The highest BCUT2D eigenvalue weighted by Gasteiger charge is 2.05. The highest BCUT2D eigenvalue weighted by molar-refractivity contribution is 5.40. The Labute approximate surface area is 110 Å². The number of aromatic nitrogens is 1. The lowest BCUT2D eigenvalue weighted by atomic mass is 10.3. The lowest BCUT2D eigenvalue weighted by Crippen LogP contribution is -1.99. The van der Waals surface area contributed by atoms with Crippen molar-refractivity contribution >= 4 is 11.5 Å². The number of nitrogens with zero attached hydrogens (tertiary/aromatic N) is 2. The summed E-state index contributed by atoms with van der Waals surface area (Å²) >= 11 is 0. The van der Waals surface area contributed by atoms with Crippen molar-refractivity contribution in [3.8, 4) is 11.6 Å². The highest BCUT2D eigenvalue weighted by atomic mass is 16.6. The van der Waals surface area contributed by atoms with Crippen LogP contribution in [0.2, 0.25) is 0 Å². The Morgan fingerprint density at radius 3 is 2.63 bits per heavy atom. The van der Waals surface area contributed by atoms with Gasteiger partial charge in [0.2, 0.25) is 5.88 Å². The molecule has 6 heteroatoms. The van der Waals surface area contributed by atoms with Crippen LogP contribution in [0.3, 0.4) is 0 Å². The van der Waals surface area contributed by atoms with E-state index >= 15 is 0 Å². The Morgan fingerprint density at radius 1 is 1.26 bits per heavy atom. The van der Waals surface area contributed by atoms with Crippen LogP contribution in [0.25, 0.3) is 0 Å². The number of non-ortho nitro benzene ring substituents is 1. The molecule has 98 valence electrons. The molecule has 0 bridgehead atoms. The minimum Gasteiger partial charge on any atom is -0.439 e. The molecule has 1 aromatic heterocycles. The van der Waals surface area contributed by atoms with Gasteiger partial charge in [0.25, 0.3) is 5.69 Å². The van der Waals surface area contributed by atoms with E-state index in [-0.39, 0.29) is 5.69 Å². The molecule has 0 aliphatic heterocycles. The molecule has 0 aliphatic rings. The summed E-state index contributed by atoms with van der Waals surface area (Å²) in [6.07, 6.45) is 0. The number of hydrogen-bond acceptors (Lipinski definition) is 5. The lowest BCUT2D eigenvalue weighted by molar-refractivity contribution is -0.384. The van der Waals surface area contributed by atoms with Crippen LogP contribution < -0.4 is 10.1 Å². The highest BCUT2D eigenvalue weighted by Crippen LogP contribution is 2.23. The van der Waals surface area contributed by atoms with Crippen molar-refractivity contribution in [3.63, 3.8) is 0 Å². The monoisotopic (exact) mass is 259 g/mol. The van der Waals surface area contributed by atoms with Gasteiger partial charge in [-0.3, -0.25) is 10.1 Å². The second-order valence-corrected chi connectivity index (χ2v) is 3.74. The second kappa shape index (κ2) is 5.81. The van der Waals surface area contributed by atoms with Crippen LogP contribution in [0.1, 0.15) is 6.92 Å². The van der Waals surface area contributed by atoms with E-state index in [1.165, 1.54) is 12.1 Å². The number of benzene rings is 1. The van der Waals surface area contributed by atoms with E-state index in [9.17, 15) is 10.1 Å². The first kappa shape index (κ1) is 12.8. The normalized spacial score (nSPS) is 9.95. The average Bonchev–Trinajstić information content (AvgIpc) is 2.40. The molecule has 0 aliphatic carbocycles. The van der Waals surface area contributed by atoms with E-state index in [1.54, 1.807) is 18.2 Å². The fourth-order valence-corrected chi connectivity index (χ4v) is 1.51. The largest absolute Gasteiger partial charge is 0.439 e. The van der Waals surface area contributed by atoms with E-state index in [1.807, 2.05) is 19.1 Å². The van der Waals surface area contributed by atoms with Crippen molar-refractivity contribution in [2.24, 2.45) is 0 Å². The maximum atomic E-state index is 10.5. The minimum atomic E-state index is -0.451. The van der Waals surface area contributed by atoms with Gasteiger partial charge < -0.3 is 10.1 Å². The zero-order valence-corrected chi connectivity index (χ0v) is 10.4. The molecule has 0 spiro atoms. The van der Waals surface area contributed by atoms with Gasteiger partial charge in [0.15, 0.2) is 0 Å². The van der Waals surface area contributed by atoms with Crippen molar-refractivity contribution in [1.82, 2.24) is 4.98 Å². The molecule has 1 aromatic carbocycles. The number of nitro groups is 1. The Morgan fingerprint density at radius 2 is 2.00 bits per heavy atom. The van der Waals surface area contributed by atoms with Crippen LogP contribution in [0.5, 0.6) is 11.6 Å². The molecule has 0 radical (unpaired) electrons. The molecule has 19 heavy (non-hydrogen) atoms. The standard InChI is InChI=1S/C13H13N3O3/c1-2-14-12-4-3-5-13(15-12)19-11-8-6-10(7-9-11)16(17)18/h3-9H,2H2,1H3,(H,14,15). The van der Waals surface area contributed by atoms with Crippen molar-refractivity contribution in [1.29, 1.82) is 0 Å². The molecule has 1 N–H and O–H groups in total. The molecule has 2 rings (SSSR count). The number of ether oxygens (including phenoxy) is 1. The van der Waals surface area contributed by atoms with Gasteiger partial charge >= 0.3 is 0 Å². The van der Waals surface area contributed by atoms with Gasteiger partial charge in [-0.2, -0.15) is 4.98 Å². The van der Waals surface area contributed by atoms with E-state index in [0.717, 1.165) is 12.4 Å². The van der Waals surface area contributed by atoms with Gasteiger partial charge in [0.1, 0.15) is 11.6 Å². The molecule has 0 atom stereocenters. The Hall–Kier alpha value is -2.63. The summed E-state index contributed by atoms with van der Waals surface area (Å²) in [6.45, 7) is 2.75. The quantitative estimate of drug-likeness (QED) is 0.659. The first-order valence-corrected chi connectivity index (χ1v) is 5.82. The number of rotatable bonds is 5. The lowest BCUT2D eigenvalue weighted by Gasteiger charge is -2.06. The van der Waals surface area contributed by atoms with Gasteiger partial charge in [-0.05, 0) is 25.1 Å². The van der Waals surface area contributed by atoms with Gasteiger partial charge in [0, 0.05) is 24.7 Å². The zero-order chi connectivity index (χ0) is 13.7. The van der Waals surface area contributed by atoms with E-state index < -0.39 is 4.92 Å². The second-order valence-electron chi connectivity index (χ2n) is 3.74. The van der Waals surface area contributed by atoms with Crippen LogP contribution in [-0.4, -0.2) is 16.5 Å². The predicted octanol–water partition coefficient (Wildman–Crippen LogP) is 3.21. The summed E-state index contributed by atoms with van der Waals surface area (Å²) in [5, 5.41) is 13.6. The molecular weight excluding hydrogens is 246 g/mol. The third-order valence-electron chi connectivity index (χ3n) is 2.35.